The highest BCUT2D eigenvalue weighted by Crippen LogP contribution is 2.38. The standard InChI is InChI=1S/C25H18BrClINO4/c1-2-31-22-13-16(11-20(27)23(22)32-14-15-3-7-18(26)8-4-15)12-21-25(30)33-24(29-21)17-5-9-19(28)10-6-17/h3-13H,2,14H2,1H3/b21-12-. The molecule has 0 atom stereocenters. The number of cyclic esters (lactones) is 1. The van der Waals surface area contributed by atoms with Crippen LogP contribution in [-0.2, 0) is 16.1 Å². The minimum Gasteiger partial charge on any atom is -0.490 e. The number of aliphatic imine (C=N–C) groups is 1. The van der Waals surface area contributed by atoms with Gasteiger partial charge in [0.2, 0.25) is 5.90 Å². The Morgan fingerprint density at radius 2 is 1.82 bits per heavy atom. The molecule has 1 aliphatic heterocycles. The van der Waals surface area contributed by atoms with Crippen LogP contribution in [0, 0.1) is 3.57 Å². The Bertz CT molecular complexity index is 1240. The second kappa shape index (κ2) is 10.7. The van der Waals surface area contributed by atoms with Crippen molar-refractivity contribution in [2.24, 2.45) is 4.99 Å². The average Bonchev–Trinajstić information content (AvgIpc) is 3.15. The fraction of sp³-hybridized carbons (Fsp3) is 0.120. The zero-order chi connectivity index (χ0) is 23.4. The van der Waals surface area contributed by atoms with Gasteiger partial charge in [0, 0.05) is 13.6 Å². The first-order valence-electron chi connectivity index (χ1n) is 10.0. The molecule has 0 saturated heterocycles. The van der Waals surface area contributed by atoms with Crippen molar-refractivity contribution < 1.29 is 19.0 Å². The van der Waals surface area contributed by atoms with E-state index in [-0.39, 0.29) is 11.6 Å². The van der Waals surface area contributed by atoms with Crippen LogP contribution >= 0.6 is 50.1 Å². The summed E-state index contributed by atoms with van der Waals surface area (Å²) in [6.45, 7) is 2.65. The Morgan fingerprint density at radius 1 is 1.09 bits per heavy atom. The van der Waals surface area contributed by atoms with Gasteiger partial charge in [-0.2, -0.15) is 0 Å². The van der Waals surface area contributed by atoms with Gasteiger partial charge >= 0.3 is 5.97 Å². The van der Waals surface area contributed by atoms with Crippen molar-refractivity contribution >= 4 is 68.1 Å². The number of ether oxygens (including phenoxy) is 3. The molecule has 0 radical (unpaired) electrons. The van der Waals surface area contributed by atoms with Gasteiger partial charge in [0.1, 0.15) is 6.61 Å². The van der Waals surface area contributed by atoms with Gasteiger partial charge in [-0.15, -0.1) is 0 Å². The van der Waals surface area contributed by atoms with Crippen molar-refractivity contribution in [3.8, 4) is 11.5 Å². The zero-order valence-electron chi connectivity index (χ0n) is 17.5. The van der Waals surface area contributed by atoms with E-state index in [0.29, 0.717) is 35.3 Å². The number of esters is 1. The van der Waals surface area contributed by atoms with Crippen LogP contribution in [0.2, 0.25) is 5.02 Å². The maximum atomic E-state index is 12.4. The van der Waals surface area contributed by atoms with E-state index in [1.807, 2.05) is 55.5 Å². The minimum absolute atomic E-state index is 0.186. The molecule has 0 fully saturated rings. The predicted octanol–water partition coefficient (Wildman–Crippen LogP) is 7.03. The van der Waals surface area contributed by atoms with Crippen molar-refractivity contribution in [2.75, 3.05) is 6.61 Å². The number of nitrogens with zero attached hydrogens (tertiary/aromatic N) is 1. The number of carbonyl (C=O) groups is 1. The molecule has 0 saturated carbocycles. The highest BCUT2D eigenvalue weighted by atomic mass is 127. The Kier molecular flexibility index (Phi) is 7.72. The van der Waals surface area contributed by atoms with Crippen LogP contribution in [0.3, 0.4) is 0 Å². The van der Waals surface area contributed by atoms with Crippen molar-refractivity contribution in [2.45, 2.75) is 13.5 Å². The number of benzene rings is 3. The van der Waals surface area contributed by atoms with E-state index >= 15 is 0 Å². The molecule has 0 amide bonds. The maximum absolute atomic E-state index is 12.4. The minimum atomic E-state index is -0.520. The van der Waals surface area contributed by atoms with Crippen LogP contribution in [0.1, 0.15) is 23.6 Å². The molecule has 8 heteroatoms. The van der Waals surface area contributed by atoms with Crippen LogP contribution in [0.25, 0.3) is 6.08 Å². The third kappa shape index (κ3) is 5.96. The first-order valence-corrected chi connectivity index (χ1v) is 12.3. The van der Waals surface area contributed by atoms with Gasteiger partial charge in [-0.1, -0.05) is 39.7 Å². The zero-order valence-corrected chi connectivity index (χ0v) is 22.0. The van der Waals surface area contributed by atoms with E-state index in [1.54, 1.807) is 18.2 Å². The van der Waals surface area contributed by atoms with E-state index < -0.39 is 5.97 Å². The molecule has 1 aliphatic rings. The smallest absolute Gasteiger partial charge is 0.363 e. The molecule has 0 N–H and O–H groups in total. The van der Waals surface area contributed by atoms with Crippen LogP contribution in [0.15, 0.2) is 75.8 Å². The molecular weight excluding hydrogens is 621 g/mol. The maximum Gasteiger partial charge on any atom is 0.363 e. The van der Waals surface area contributed by atoms with Crippen molar-refractivity contribution in [3.63, 3.8) is 0 Å². The molecular formula is C25H18BrClINO4. The summed E-state index contributed by atoms with van der Waals surface area (Å²) in [6, 6.07) is 18.9. The molecule has 3 aromatic rings. The Morgan fingerprint density at radius 3 is 2.52 bits per heavy atom. The van der Waals surface area contributed by atoms with Crippen LogP contribution in [-0.4, -0.2) is 18.5 Å². The van der Waals surface area contributed by atoms with E-state index in [2.05, 4.69) is 43.5 Å². The van der Waals surface area contributed by atoms with E-state index in [1.165, 1.54) is 0 Å². The summed E-state index contributed by atoms with van der Waals surface area (Å²) in [6.07, 6.45) is 1.62. The Labute approximate surface area is 218 Å². The normalized spacial score (nSPS) is 14.2. The molecule has 4 rings (SSSR count). The van der Waals surface area contributed by atoms with Gasteiger partial charge in [0.25, 0.3) is 0 Å². The summed E-state index contributed by atoms with van der Waals surface area (Å²) >= 11 is 12.2. The molecule has 0 aromatic heterocycles. The number of hydrogen-bond acceptors (Lipinski definition) is 5. The lowest BCUT2D eigenvalue weighted by Gasteiger charge is -2.14. The van der Waals surface area contributed by atoms with Crippen LogP contribution < -0.4 is 9.47 Å². The van der Waals surface area contributed by atoms with Gasteiger partial charge in [-0.3, -0.25) is 0 Å². The summed E-state index contributed by atoms with van der Waals surface area (Å²) < 4.78 is 19.1. The lowest BCUT2D eigenvalue weighted by atomic mass is 10.1. The third-order valence-electron chi connectivity index (χ3n) is 4.64. The van der Waals surface area contributed by atoms with Gasteiger partial charge in [-0.25, -0.2) is 9.79 Å². The van der Waals surface area contributed by atoms with Gasteiger partial charge in [0.15, 0.2) is 17.2 Å². The number of halogens is 3. The molecule has 0 aliphatic carbocycles. The van der Waals surface area contributed by atoms with E-state index in [9.17, 15) is 4.79 Å². The summed E-state index contributed by atoms with van der Waals surface area (Å²) in [5, 5.41) is 0.373. The molecule has 0 unspecified atom stereocenters. The van der Waals surface area contributed by atoms with E-state index in [4.69, 9.17) is 25.8 Å². The molecule has 168 valence electrons. The summed E-state index contributed by atoms with van der Waals surface area (Å²) in [5.74, 6) is 0.684. The Balaban J connectivity index is 1.60. The monoisotopic (exact) mass is 637 g/mol. The SMILES string of the molecule is CCOc1cc(/C=C2\N=C(c3ccc(I)cc3)OC2=O)cc(Cl)c1OCc1ccc(Br)cc1. The number of hydrogen-bond donors (Lipinski definition) is 0. The first-order chi connectivity index (χ1) is 15.9. The molecule has 3 aromatic carbocycles. The summed E-state index contributed by atoms with van der Waals surface area (Å²) in [4.78, 5) is 16.7. The first kappa shape index (κ1) is 23.8. The fourth-order valence-electron chi connectivity index (χ4n) is 3.09. The highest BCUT2D eigenvalue weighted by Gasteiger charge is 2.24. The average molecular weight is 639 g/mol. The second-order valence-corrected chi connectivity index (χ2v) is 9.59. The summed E-state index contributed by atoms with van der Waals surface area (Å²) in [7, 11) is 0. The van der Waals surface area contributed by atoms with Crippen molar-refractivity contribution in [1.82, 2.24) is 0 Å². The fourth-order valence-corrected chi connectivity index (χ4v) is 3.99. The highest BCUT2D eigenvalue weighted by molar-refractivity contribution is 14.1. The van der Waals surface area contributed by atoms with E-state index in [0.717, 1.165) is 19.2 Å². The second-order valence-electron chi connectivity index (χ2n) is 7.02. The molecule has 0 bridgehead atoms. The van der Waals surface area contributed by atoms with Crippen molar-refractivity contribution in [1.29, 1.82) is 0 Å². The number of carbonyl (C=O) groups excluding carboxylic acids is 1. The third-order valence-corrected chi connectivity index (χ3v) is 6.17. The van der Waals surface area contributed by atoms with Gasteiger partial charge in [-0.05, 0) is 95.2 Å². The quantitative estimate of drug-likeness (QED) is 0.159. The molecule has 33 heavy (non-hydrogen) atoms. The van der Waals surface area contributed by atoms with Gasteiger partial charge < -0.3 is 14.2 Å². The number of rotatable bonds is 7. The van der Waals surface area contributed by atoms with Gasteiger partial charge in [0.05, 0.1) is 11.6 Å². The molecule has 0 spiro atoms. The largest absolute Gasteiger partial charge is 0.490 e. The molecule has 5 nitrogen and oxygen atoms in total. The lowest BCUT2D eigenvalue weighted by molar-refractivity contribution is -0.129. The molecule has 1 heterocycles. The van der Waals surface area contributed by atoms with Crippen molar-refractivity contribution in [3.05, 3.63) is 96.1 Å². The topological polar surface area (TPSA) is 57.1 Å². The lowest BCUT2D eigenvalue weighted by Crippen LogP contribution is -2.05. The van der Waals surface area contributed by atoms with Crippen LogP contribution in [0.4, 0.5) is 0 Å². The Hall–Kier alpha value is -2.36. The predicted molar refractivity (Wildman–Crippen MR) is 141 cm³/mol. The van der Waals surface area contributed by atoms with Crippen LogP contribution in [0.5, 0.6) is 11.5 Å². The summed E-state index contributed by atoms with van der Waals surface area (Å²) in [5.41, 5.74) is 2.57.